The van der Waals surface area contributed by atoms with Gasteiger partial charge in [-0.25, -0.2) is 0 Å². The van der Waals surface area contributed by atoms with E-state index >= 15 is 0 Å². The fourth-order valence-electron chi connectivity index (χ4n) is 5.51. The summed E-state index contributed by atoms with van der Waals surface area (Å²) in [6.45, 7) is 2.67. The summed E-state index contributed by atoms with van der Waals surface area (Å²) in [5, 5.41) is 0. The molecule has 0 N–H and O–H groups in total. The van der Waals surface area contributed by atoms with Gasteiger partial charge in [-0.3, -0.25) is 4.79 Å². The van der Waals surface area contributed by atoms with E-state index in [1.165, 1.54) is 44.2 Å². The molecule has 21 heavy (non-hydrogen) atoms. The fourth-order valence-corrected chi connectivity index (χ4v) is 5.51. The van der Waals surface area contributed by atoms with Gasteiger partial charge in [-0.1, -0.05) is 6.07 Å². The number of halogens is 1. The Morgan fingerprint density at radius 2 is 1.71 bits per heavy atom. The van der Waals surface area contributed by atoms with E-state index in [1.807, 2.05) is 18.3 Å². The second kappa shape index (κ2) is 5.39. The van der Waals surface area contributed by atoms with Gasteiger partial charge in [0.15, 0.2) is 11.9 Å². The predicted molar refractivity (Wildman–Crippen MR) is 77.0 cm³/mol. The third-order valence-corrected chi connectivity index (χ3v) is 6.11. The first kappa shape index (κ1) is 15.0. The molecule has 0 spiro atoms. The first-order chi connectivity index (χ1) is 9.64. The Morgan fingerprint density at radius 3 is 2.24 bits per heavy atom. The molecule has 0 radical (unpaired) electrons. The lowest BCUT2D eigenvalue weighted by molar-refractivity contribution is -0.691. The summed E-state index contributed by atoms with van der Waals surface area (Å²) in [7, 11) is 0. The number of aryl methyl sites for hydroxylation is 1. The molecule has 5 rings (SSSR count). The Morgan fingerprint density at radius 1 is 1.14 bits per heavy atom. The van der Waals surface area contributed by atoms with Gasteiger partial charge in [-0.15, -0.1) is 0 Å². The molecule has 4 aliphatic rings. The van der Waals surface area contributed by atoms with Gasteiger partial charge in [-0.2, -0.15) is 4.57 Å². The molecule has 1 heterocycles. The van der Waals surface area contributed by atoms with Crippen LogP contribution in [0.25, 0.3) is 0 Å². The van der Waals surface area contributed by atoms with Crippen molar-refractivity contribution in [2.45, 2.75) is 52.0 Å². The molecule has 0 saturated heterocycles. The van der Waals surface area contributed by atoms with E-state index < -0.39 is 0 Å². The number of pyridine rings is 1. The van der Waals surface area contributed by atoms with E-state index in [-0.39, 0.29) is 17.8 Å². The molecule has 4 bridgehead atoms. The van der Waals surface area contributed by atoms with Crippen molar-refractivity contribution in [3.05, 3.63) is 30.1 Å². The SMILES string of the molecule is Cc1cccc[n+]1CC(=O)C12CC3CC(CC(C3)C1)C2.[Cl-]. The Bertz CT molecular complexity index is 519. The summed E-state index contributed by atoms with van der Waals surface area (Å²) in [4.78, 5) is 13.0. The molecule has 1 aromatic heterocycles. The quantitative estimate of drug-likeness (QED) is 0.724. The maximum absolute atomic E-state index is 13.0. The van der Waals surface area contributed by atoms with Crippen molar-refractivity contribution in [3.8, 4) is 0 Å². The summed E-state index contributed by atoms with van der Waals surface area (Å²) in [5.41, 5.74) is 1.23. The summed E-state index contributed by atoms with van der Waals surface area (Å²) in [6.07, 6.45) is 9.82. The molecule has 4 saturated carbocycles. The molecule has 4 aliphatic carbocycles. The van der Waals surface area contributed by atoms with Crippen LogP contribution in [-0.4, -0.2) is 5.78 Å². The van der Waals surface area contributed by atoms with Crippen molar-refractivity contribution in [2.24, 2.45) is 23.2 Å². The predicted octanol–water partition coefficient (Wildman–Crippen LogP) is 0.0720. The summed E-state index contributed by atoms with van der Waals surface area (Å²) in [5.74, 6) is 3.07. The first-order valence-electron chi connectivity index (χ1n) is 8.13. The number of hydrogen-bond acceptors (Lipinski definition) is 1. The largest absolute Gasteiger partial charge is 1.00 e. The third-order valence-electron chi connectivity index (χ3n) is 6.11. The van der Waals surface area contributed by atoms with Gasteiger partial charge >= 0.3 is 0 Å². The number of nitrogens with zero attached hydrogens (tertiary/aromatic N) is 1. The van der Waals surface area contributed by atoms with Crippen LogP contribution < -0.4 is 17.0 Å². The average molecular weight is 306 g/mol. The average Bonchev–Trinajstić information content (AvgIpc) is 2.40. The highest BCUT2D eigenvalue weighted by atomic mass is 35.5. The highest BCUT2D eigenvalue weighted by molar-refractivity contribution is 5.84. The highest BCUT2D eigenvalue weighted by Crippen LogP contribution is 2.60. The number of hydrogen-bond donors (Lipinski definition) is 0. The Labute approximate surface area is 133 Å². The van der Waals surface area contributed by atoms with Crippen LogP contribution in [0.15, 0.2) is 24.4 Å². The highest BCUT2D eigenvalue weighted by Gasteiger charge is 2.54. The maximum Gasteiger partial charge on any atom is 0.207 e. The standard InChI is InChI=1S/C18H24NO.ClH/c1-13-4-2-3-5-19(13)12-17(20)18-9-14-6-15(10-18)8-16(7-14)11-18;/h2-5,14-16H,6-12H2,1H3;1H/q+1;/p-1. The van der Waals surface area contributed by atoms with Gasteiger partial charge < -0.3 is 12.4 Å². The van der Waals surface area contributed by atoms with Gasteiger partial charge in [0.2, 0.25) is 12.3 Å². The second-order valence-corrected chi connectivity index (χ2v) is 7.59. The molecule has 4 fully saturated rings. The molecular weight excluding hydrogens is 282 g/mol. The zero-order valence-electron chi connectivity index (χ0n) is 12.7. The fraction of sp³-hybridized carbons (Fsp3) is 0.667. The van der Waals surface area contributed by atoms with E-state index in [0.717, 1.165) is 17.8 Å². The van der Waals surface area contributed by atoms with Crippen LogP contribution in [0, 0.1) is 30.1 Å². The molecule has 0 aliphatic heterocycles. The van der Waals surface area contributed by atoms with Crippen LogP contribution in [0.1, 0.15) is 44.2 Å². The second-order valence-electron chi connectivity index (χ2n) is 7.59. The third kappa shape index (κ3) is 2.52. The van der Waals surface area contributed by atoms with Crippen molar-refractivity contribution < 1.29 is 21.8 Å². The topological polar surface area (TPSA) is 20.9 Å². The zero-order chi connectivity index (χ0) is 13.7. The maximum atomic E-state index is 13.0. The van der Waals surface area contributed by atoms with Crippen molar-refractivity contribution in [1.29, 1.82) is 0 Å². The molecule has 0 aromatic carbocycles. The van der Waals surface area contributed by atoms with Crippen molar-refractivity contribution in [1.82, 2.24) is 0 Å². The number of ketones is 1. The van der Waals surface area contributed by atoms with Crippen LogP contribution >= 0.6 is 0 Å². The van der Waals surface area contributed by atoms with E-state index in [1.54, 1.807) is 0 Å². The minimum atomic E-state index is 0. The minimum Gasteiger partial charge on any atom is -1.00 e. The van der Waals surface area contributed by atoms with Crippen molar-refractivity contribution >= 4 is 5.78 Å². The van der Waals surface area contributed by atoms with Crippen molar-refractivity contribution in [2.75, 3.05) is 0 Å². The molecule has 114 valence electrons. The number of carbonyl (C=O) groups is 1. The summed E-state index contributed by atoms with van der Waals surface area (Å²) in [6, 6.07) is 6.16. The molecule has 1 aromatic rings. The molecule has 0 atom stereocenters. The van der Waals surface area contributed by atoms with Gasteiger partial charge in [0.05, 0.1) is 0 Å². The monoisotopic (exact) mass is 305 g/mol. The molecule has 3 heteroatoms. The number of Topliss-reactive ketones (excluding diaryl/α,β-unsaturated/α-hetero) is 1. The van der Waals surface area contributed by atoms with Crippen LogP contribution in [0.3, 0.4) is 0 Å². The number of rotatable bonds is 3. The van der Waals surface area contributed by atoms with Gasteiger partial charge in [0.25, 0.3) is 0 Å². The lowest BCUT2D eigenvalue weighted by Gasteiger charge is -2.55. The van der Waals surface area contributed by atoms with E-state index in [2.05, 4.69) is 17.6 Å². The molecule has 2 nitrogen and oxygen atoms in total. The summed E-state index contributed by atoms with van der Waals surface area (Å²) >= 11 is 0. The van der Waals surface area contributed by atoms with E-state index in [9.17, 15) is 4.79 Å². The number of carbonyl (C=O) groups excluding carboxylic acids is 1. The summed E-state index contributed by atoms with van der Waals surface area (Å²) < 4.78 is 2.13. The van der Waals surface area contributed by atoms with Gasteiger partial charge in [0.1, 0.15) is 0 Å². The Balaban J connectivity index is 0.00000132. The van der Waals surface area contributed by atoms with Gasteiger partial charge in [0, 0.05) is 24.5 Å². The number of aromatic nitrogens is 1. The molecular formula is C18H24ClNO. The smallest absolute Gasteiger partial charge is 0.207 e. The van der Waals surface area contributed by atoms with Crippen LogP contribution in [0.2, 0.25) is 0 Å². The molecule has 0 unspecified atom stereocenters. The lowest BCUT2D eigenvalue weighted by Crippen LogP contribution is -3.00. The molecule has 0 amide bonds. The normalized spacial score (nSPS) is 36.3. The minimum absolute atomic E-state index is 0. The van der Waals surface area contributed by atoms with Crippen LogP contribution in [0.4, 0.5) is 0 Å². The van der Waals surface area contributed by atoms with E-state index in [4.69, 9.17) is 0 Å². The zero-order valence-corrected chi connectivity index (χ0v) is 13.5. The Kier molecular flexibility index (Phi) is 3.85. The van der Waals surface area contributed by atoms with E-state index in [0.29, 0.717) is 12.3 Å². The first-order valence-corrected chi connectivity index (χ1v) is 8.13. The van der Waals surface area contributed by atoms with Crippen LogP contribution in [0.5, 0.6) is 0 Å². The Hall–Kier alpha value is -0.890. The van der Waals surface area contributed by atoms with Crippen LogP contribution in [-0.2, 0) is 11.3 Å². The lowest BCUT2D eigenvalue weighted by atomic mass is 9.48. The van der Waals surface area contributed by atoms with Crippen molar-refractivity contribution in [3.63, 3.8) is 0 Å². The van der Waals surface area contributed by atoms with Gasteiger partial charge in [-0.05, 0) is 56.3 Å².